The van der Waals surface area contributed by atoms with Crippen molar-refractivity contribution in [1.82, 2.24) is 5.32 Å². The Morgan fingerprint density at radius 2 is 1.88 bits per heavy atom. The van der Waals surface area contributed by atoms with Crippen molar-refractivity contribution in [1.29, 1.82) is 5.26 Å². The molecule has 1 aliphatic carbocycles. The Kier molecular flexibility index (Phi) is 6.96. The first-order chi connectivity index (χ1) is 15.6. The third-order valence-corrected chi connectivity index (χ3v) is 6.62. The second kappa shape index (κ2) is 10.1. The van der Waals surface area contributed by atoms with Gasteiger partial charge in [0.2, 0.25) is 0 Å². The summed E-state index contributed by atoms with van der Waals surface area (Å²) < 4.78 is 6.00. The number of rotatable bonds is 6. The first-order valence-electron chi connectivity index (χ1n) is 11.0. The van der Waals surface area contributed by atoms with Crippen LogP contribution in [0.15, 0.2) is 42.5 Å². The number of anilines is 1. The molecule has 0 spiro atoms. The van der Waals surface area contributed by atoms with E-state index in [4.69, 9.17) is 21.6 Å². The first-order valence-corrected chi connectivity index (χ1v) is 11.4. The van der Waals surface area contributed by atoms with Gasteiger partial charge in [-0.25, -0.2) is 0 Å². The quantitative estimate of drug-likeness (QED) is 0.660. The van der Waals surface area contributed by atoms with E-state index in [2.05, 4.69) is 10.2 Å². The number of hydrogen-bond acceptors (Lipinski definition) is 5. The van der Waals surface area contributed by atoms with Gasteiger partial charge in [-0.2, -0.15) is 5.26 Å². The summed E-state index contributed by atoms with van der Waals surface area (Å²) in [6.45, 7) is 1.73. The number of hydrogen-bond donors (Lipinski definition) is 1. The molecular formula is C25H26ClN3O3. The molecule has 1 saturated heterocycles. The van der Waals surface area contributed by atoms with Crippen LogP contribution in [-0.2, 0) is 4.79 Å². The van der Waals surface area contributed by atoms with Gasteiger partial charge in [-0.05, 0) is 62.1 Å². The van der Waals surface area contributed by atoms with Crippen molar-refractivity contribution in [3.63, 3.8) is 0 Å². The molecule has 1 heterocycles. The predicted octanol–water partition coefficient (Wildman–Crippen LogP) is 4.36. The number of piperidine rings is 1. The highest BCUT2D eigenvalue weighted by molar-refractivity contribution is 6.31. The first kappa shape index (κ1) is 22.2. The van der Waals surface area contributed by atoms with Gasteiger partial charge in [0.1, 0.15) is 24.2 Å². The number of nitrogens with one attached hydrogen (secondary N) is 1. The van der Waals surface area contributed by atoms with Crippen LogP contribution in [0, 0.1) is 17.2 Å². The number of amides is 1. The van der Waals surface area contributed by atoms with E-state index in [-0.39, 0.29) is 24.0 Å². The number of aldehydes is 1. The SMILES string of the molecule is N#Cc1ccc(O[C@H]2CC[C@H](NC(=O)c3ccc(N4CCC(C=O)CC4)cc3)C2)cc1Cl. The van der Waals surface area contributed by atoms with E-state index in [0.29, 0.717) is 21.9 Å². The molecule has 2 atom stereocenters. The zero-order valence-electron chi connectivity index (χ0n) is 17.8. The van der Waals surface area contributed by atoms with Crippen LogP contribution in [0.3, 0.4) is 0 Å². The fourth-order valence-electron chi connectivity index (χ4n) is 4.42. The zero-order valence-corrected chi connectivity index (χ0v) is 18.6. The molecule has 32 heavy (non-hydrogen) atoms. The van der Waals surface area contributed by atoms with Gasteiger partial charge >= 0.3 is 0 Å². The minimum absolute atomic E-state index is 0.000900. The van der Waals surface area contributed by atoms with Crippen molar-refractivity contribution in [3.8, 4) is 11.8 Å². The Morgan fingerprint density at radius 1 is 1.12 bits per heavy atom. The second-order valence-electron chi connectivity index (χ2n) is 8.48. The summed E-state index contributed by atoms with van der Waals surface area (Å²) in [5.41, 5.74) is 2.15. The molecule has 1 N–H and O–H groups in total. The molecule has 0 aromatic heterocycles. The van der Waals surface area contributed by atoms with Crippen LogP contribution in [0.2, 0.25) is 5.02 Å². The van der Waals surface area contributed by atoms with E-state index < -0.39 is 0 Å². The van der Waals surface area contributed by atoms with Gasteiger partial charge in [0.05, 0.1) is 10.6 Å². The number of halogens is 1. The largest absolute Gasteiger partial charge is 0.490 e. The van der Waals surface area contributed by atoms with Gasteiger partial charge in [-0.15, -0.1) is 0 Å². The van der Waals surface area contributed by atoms with Crippen LogP contribution in [0.4, 0.5) is 5.69 Å². The third kappa shape index (κ3) is 5.23. The number of carbonyl (C=O) groups excluding carboxylic acids is 2. The summed E-state index contributed by atoms with van der Waals surface area (Å²) in [4.78, 5) is 25.9. The molecule has 166 valence electrons. The lowest BCUT2D eigenvalue weighted by atomic mass is 9.98. The number of nitrogens with zero attached hydrogens (tertiary/aromatic N) is 2. The Labute approximate surface area is 193 Å². The Hall–Kier alpha value is -3.04. The predicted molar refractivity (Wildman–Crippen MR) is 123 cm³/mol. The van der Waals surface area contributed by atoms with Gasteiger partial charge in [0, 0.05) is 48.8 Å². The molecule has 2 fully saturated rings. The minimum Gasteiger partial charge on any atom is -0.490 e. The Balaban J connectivity index is 1.27. The number of benzene rings is 2. The van der Waals surface area contributed by atoms with Gasteiger partial charge < -0.3 is 19.7 Å². The van der Waals surface area contributed by atoms with Gasteiger partial charge in [-0.3, -0.25) is 4.79 Å². The molecule has 2 aromatic rings. The van der Waals surface area contributed by atoms with Crippen molar-refractivity contribution >= 4 is 29.5 Å². The maximum absolute atomic E-state index is 12.7. The van der Waals surface area contributed by atoms with E-state index in [1.807, 2.05) is 30.3 Å². The lowest BCUT2D eigenvalue weighted by molar-refractivity contribution is -0.111. The maximum atomic E-state index is 12.7. The topological polar surface area (TPSA) is 82.4 Å². The molecule has 7 heteroatoms. The van der Waals surface area contributed by atoms with E-state index in [1.54, 1.807) is 18.2 Å². The Bertz CT molecular complexity index is 1010. The van der Waals surface area contributed by atoms with Crippen molar-refractivity contribution in [3.05, 3.63) is 58.6 Å². The molecule has 1 saturated carbocycles. The van der Waals surface area contributed by atoms with E-state index in [9.17, 15) is 9.59 Å². The highest BCUT2D eigenvalue weighted by Crippen LogP contribution is 2.28. The van der Waals surface area contributed by atoms with Gasteiger partial charge in [0.25, 0.3) is 5.91 Å². The van der Waals surface area contributed by atoms with E-state index >= 15 is 0 Å². The summed E-state index contributed by atoms with van der Waals surface area (Å²) in [5.74, 6) is 0.728. The van der Waals surface area contributed by atoms with Crippen LogP contribution in [0.5, 0.6) is 5.75 Å². The molecule has 1 amide bonds. The van der Waals surface area contributed by atoms with Gasteiger partial charge in [0.15, 0.2) is 0 Å². The normalized spacial score (nSPS) is 21.1. The Morgan fingerprint density at radius 3 is 2.53 bits per heavy atom. The highest BCUT2D eigenvalue weighted by Gasteiger charge is 2.28. The van der Waals surface area contributed by atoms with Gasteiger partial charge in [-0.1, -0.05) is 11.6 Å². The average molecular weight is 452 g/mol. The molecule has 0 bridgehead atoms. The fourth-order valence-corrected chi connectivity index (χ4v) is 4.63. The fraction of sp³-hybridized carbons (Fsp3) is 0.400. The highest BCUT2D eigenvalue weighted by atomic mass is 35.5. The molecule has 6 nitrogen and oxygen atoms in total. The summed E-state index contributed by atoms with van der Waals surface area (Å²) in [6, 6.07) is 14.8. The van der Waals surface area contributed by atoms with Crippen LogP contribution < -0.4 is 15.0 Å². The molecule has 2 aromatic carbocycles. The van der Waals surface area contributed by atoms with Crippen molar-refractivity contribution < 1.29 is 14.3 Å². The molecule has 0 radical (unpaired) electrons. The zero-order chi connectivity index (χ0) is 22.5. The molecule has 4 rings (SSSR count). The molecule has 1 aliphatic heterocycles. The van der Waals surface area contributed by atoms with Crippen LogP contribution in [0.25, 0.3) is 0 Å². The van der Waals surface area contributed by atoms with Crippen LogP contribution in [-0.4, -0.2) is 37.4 Å². The lowest BCUT2D eigenvalue weighted by Gasteiger charge is -2.31. The second-order valence-corrected chi connectivity index (χ2v) is 8.89. The molecule has 0 unspecified atom stereocenters. The maximum Gasteiger partial charge on any atom is 0.251 e. The third-order valence-electron chi connectivity index (χ3n) is 6.31. The average Bonchev–Trinajstić information content (AvgIpc) is 3.26. The summed E-state index contributed by atoms with van der Waals surface area (Å²) in [5, 5.41) is 12.5. The number of carbonyl (C=O) groups is 2. The van der Waals surface area contributed by atoms with Crippen LogP contribution in [0.1, 0.15) is 48.0 Å². The lowest BCUT2D eigenvalue weighted by Crippen LogP contribution is -2.34. The number of nitriles is 1. The molecule has 2 aliphatic rings. The van der Waals surface area contributed by atoms with Crippen molar-refractivity contribution in [2.24, 2.45) is 5.92 Å². The smallest absolute Gasteiger partial charge is 0.251 e. The summed E-state index contributed by atoms with van der Waals surface area (Å²) in [7, 11) is 0. The van der Waals surface area contributed by atoms with E-state index in [0.717, 1.165) is 57.2 Å². The monoisotopic (exact) mass is 451 g/mol. The van der Waals surface area contributed by atoms with E-state index in [1.165, 1.54) is 0 Å². The summed E-state index contributed by atoms with van der Waals surface area (Å²) in [6.07, 6.45) is 5.25. The van der Waals surface area contributed by atoms with Crippen LogP contribution >= 0.6 is 11.6 Å². The minimum atomic E-state index is -0.0803. The number of ether oxygens (including phenoxy) is 1. The van der Waals surface area contributed by atoms with Crippen molar-refractivity contribution in [2.45, 2.75) is 44.2 Å². The molecular weight excluding hydrogens is 426 g/mol. The summed E-state index contributed by atoms with van der Waals surface area (Å²) >= 11 is 6.08. The van der Waals surface area contributed by atoms with Crippen molar-refractivity contribution in [2.75, 3.05) is 18.0 Å². The standard InChI is InChI=1S/C25H26ClN3O3/c26-24-14-23(7-3-19(24)15-27)32-22-8-4-20(13-22)28-25(31)18-1-5-21(6-2-18)29-11-9-17(16-30)10-12-29/h1-3,5-7,14,16-17,20,22H,4,8-13H2,(H,28,31)/t20-,22-/m0/s1.